The van der Waals surface area contributed by atoms with Gasteiger partial charge < -0.3 is 19.7 Å². The standard InChI is InChI=1S/C17H17BrN2O6S2/c1-25-17(24)13-10(16(23)26-5-4-18)8-28-15-12(14(22)20(13)15)19-11(21)7-9-3-2-6-27-9/h2-3,6,8,12-13,15H,4-5,7H2,1H3,(H,19,21)/t12?,13?,15-/m0/s1. The molecule has 2 aliphatic heterocycles. The number of nitrogens with one attached hydrogen (secondary N) is 1. The Morgan fingerprint density at radius 3 is 2.79 bits per heavy atom. The van der Waals surface area contributed by atoms with E-state index in [9.17, 15) is 19.2 Å². The number of nitrogens with zero attached hydrogens (tertiary/aromatic N) is 1. The van der Waals surface area contributed by atoms with Gasteiger partial charge in [-0.15, -0.1) is 23.1 Å². The molecule has 1 N–H and O–H groups in total. The summed E-state index contributed by atoms with van der Waals surface area (Å²) in [7, 11) is 1.19. The summed E-state index contributed by atoms with van der Waals surface area (Å²) in [5, 5.41) is 6.05. The van der Waals surface area contributed by atoms with Crippen molar-refractivity contribution in [2.75, 3.05) is 19.0 Å². The van der Waals surface area contributed by atoms with Gasteiger partial charge in [0.1, 0.15) is 18.0 Å². The molecule has 11 heteroatoms. The summed E-state index contributed by atoms with van der Waals surface area (Å²) in [5.74, 6) is -2.13. The predicted octanol–water partition coefficient (Wildman–Crippen LogP) is 1.05. The van der Waals surface area contributed by atoms with Crippen molar-refractivity contribution in [1.82, 2.24) is 10.2 Å². The van der Waals surface area contributed by atoms with E-state index in [4.69, 9.17) is 9.47 Å². The van der Waals surface area contributed by atoms with Crippen LogP contribution in [0, 0.1) is 0 Å². The third-order valence-electron chi connectivity index (χ3n) is 4.19. The molecular weight excluding hydrogens is 472 g/mol. The van der Waals surface area contributed by atoms with Gasteiger partial charge in [-0.25, -0.2) is 9.59 Å². The van der Waals surface area contributed by atoms with Gasteiger partial charge in [-0.1, -0.05) is 22.0 Å². The van der Waals surface area contributed by atoms with E-state index in [0.717, 1.165) is 4.88 Å². The maximum absolute atomic E-state index is 12.7. The minimum Gasteiger partial charge on any atom is -0.467 e. The van der Waals surface area contributed by atoms with Gasteiger partial charge in [0.05, 0.1) is 19.1 Å². The van der Waals surface area contributed by atoms with Crippen LogP contribution < -0.4 is 5.32 Å². The Bertz CT molecular complexity index is 813. The Hall–Kier alpha value is -1.85. The van der Waals surface area contributed by atoms with Gasteiger partial charge in [-0.3, -0.25) is 9.59 Å². The number of hydrogen-bond donors (Lipinski definition) is 1. The summed E-state index contributed by atoms with van der Waals surface area (Å²) in [6.07, 6.45) is 0.180. The number of amides is 2. The second-order valence-corrected chi connectivity index (χ2v) is 8.71. The average molecular weight is 489 g/mol. The first-order valence-electron chi connectivity index (χ1n) is 8.28. The van der Waals surface area contributed by atoms with E-state index in [1.54, 1.807) is 0 Å². The van der Waals surface area contributed by atoms with Gasteiger partial charge in [0, 0.05) is 10.2 Å². The summed E-state index contributed by atoms with van der Waals surface area (Å²) >= 11 is 5.80. The van der Waals surface area contributed by atoms with E-state index in [0.29, 0.717) is 5.33 Å². The van der Waals surface area contributed by atoms with Crippen LogP contribution in [0.15, 0.2) is 28.5 Å². The lowest BCUT2D eigenvalue weighted by atomic mass is 9.98. The Balaban J connectivity index is 1.72. The molecule has 0 spiro atoms. The fourth-order valence-electron chi connectivity index (χ4n) is 2.92. The first kappa shape index (κ1) is 20.9. The Morgan fingerprint density at radius 1 is 1.36 bits per heavy atom. The molecule has 0 aromatic carbocycles. The summed E-state index contributed by atoms with van der Waals surface area (Å²) < 4.78 is 9.84. The molecule has 0 radical (unpaired) electrons. The highest BCUT2D eigenvalue weighted by Crippen LogP contribution is 2.40. The molecule has 1 aromatic heterocycles. The zero-order valence-electron chi connectivity index (χ0n) is 14.8. The molecule has 0 bridgehead atoms. The Morgan fingerprint density at radius 2 is 2.14 bits per heavy atom. The molecule has 8 nitrogen and oxygen atoms in total. The smallest absolute Gasteiger partial charge is 0.337 e. The number of thiophene rings is 1. The van der Waals surface area contributed by atoms with Crippen LogP contribution in [0.25, 0.3) is 0 Å². The third-order valence-corrected chi connectivity index (χ3v) is 6.56. The highest BCUT2D eigenvalue weighted by molar-refractivity contribution is 9.09. The van der Waals surface area contributed by atoms with Crippen LogP contribution in [0.4, 0.5) is 0 Å². The van der Waals surface area contributed by atoms with Crippen LogP contribution in [-0.2, 0) is 35.1 Å². The SMILES string of the molecule is COC(=O)C1C(C(=O)OCCBr)=CS[C@H]2C(NC(=O)Cc3cccs3)C(=O)N12. The lowest BCUT2D eigenvalue weighted by molar-refractivity contribution is -0.163. The van der Waals surface area contributed by atoms with Crippen molar-refractivity contribution in [3.63, 3.8) is 0 Å². The quantitative estimate of drug-likeness (QED) is 0.347. The molecule has 1 fully saturated rings. The van der Waals surface area contributed by atoms with Gasteiger partial charge in [0.25, 0.3) is 0 Å². The number of rotatable bonds is 7. The first-order valence-corrected chi connectivity index (χ1v) is 11.2. The van der Waals surface area contributed by atoms with E-state index in [-0.39, 0.29) is 24.5 Å². The van der Waals surface area contributed by atoms with Crippen LogP contribution in [0.2, 0.25) is 0 Å². The second kappa shape index (κ2) is 9.10. The topological polar surface area (TPSA) is 102 Å². The number of ether oxygens (including phenoxy) is 2. The number of hydrogen-bond acceptors (Lipinski definition) is 8. The summed E-state index contributed by atoms with van der Waals surface area (Å²) in [6, 6.07) is 1.75. The Kier molecular flexibility index (Phi) is 6.78. The van der Waals surface area contributed by atoms with Crippen LogP contribution in [-0.4, -0.2) is 65.2 Å². The van der Waals surface area contributed by atoms with Crippen molar-refractivity contribution >= 4 is 62.8 Å². The van der Waals surface area contributed by atoms with Crippen LogP contribution >= 0.6 is 39.0 Å². The van der Waals surface area contributed by atoms with E-state index in [1.807, 2.05) is 17.5 Å². The number of alkyl halides is 1. The summed E-state index contributed by atoms with van der Waals surface area (Å²) in [5.41, 5.74) is 0.0470. The number of carbonyl (C=O) groups excluding carboxylic acids is 4. The number of esters is 2. The molecule has 1 aromatic rings. The van der Waals surface area contributed by atoms with Gasteiger partial charge in [0.15, 0.2) is 6.04 Å². The largest absolute Gasteiger partial charge is 0.467 e. The van der Waals surface area contributed by atoms with Gasteiger partial charge in [-0.2, -0.15) is 0 Å². The number of halogens is 1. The van der Waals surface area contributed by atoms with Crippen LogP contribution in [0.3, 0.4) is 0 Å². The zero-order chi connectivity index (χ0) is 20.3. The molecule has 0 saturated carbocycles. The lowest BCUT2D eigenvalue weighted by Crippen LogP contribution is -2.74. The highest BCUT2D eigenvalue weighted by Gasteiger charge is 2.57. The summed E-state index contributed by atoms with van der Waals surface area (Å²) in [4.78, 5) is 51.6. The molecule has 2 unspecified atom stereocenters. The van der Waals surface area contributed by atoms with Crippen LogP contribution in [0.5, 0.6) is 0 Å². The molecule has 2 aliphatic rings. The first-order chi connectivity index (χ1) is 13.5. The zero-order valence-corrected chi connectivity index (χ0v) is 18.0. The van der Waals surface area contributed by atoms with Crippen molar-refractivity contribution in [3.05, 3.63) is 33.4 Å². The lowest BCUT2D eigenvalue weighted by Gasteiger charge is -2.51. The van der Waals surface area contributed by atoms with Crippen molar-refractivity contribution in [2.45, 2.75) is 23.9 Å². The fourth-order valence-corrected chi connectivity index (χ4v) is 4.99. The average Bonchev–Trinajstić information content (AvgIpc) is 3.21. The number of methoxy groups -OCH3 is 1. The summed E-state index contributed by atoms with van der Waals surface area (Å²) in [6.45, 7) is 0.132. The number of β-lactam (4-membered cyclic amide) rings is 1. The third kappa shape index (κ3) is 4.11. The minimum absolute atomic E-state index is 0.0470. The maximum Gasteiger partial charge on any atom is 0.337 e. The molecular formula is C17H17BrN2O6S2. The molecule has 1 saturated heterocycles. The van der Waals surface area contributed by atoms with Crippen molar-refractivity contribution in [3.8, 4) is 0 Å². The highest BCUT2D eigenvalue weighted by atomic mass is 79.9. The van der Waals surface area contributed by atoms with Gasteiger partial charge in [-0.05, 0) is 16.9 Å². The van der Waals surface area contributed by atoms with Gasteiger partial charge in [0.2, 0.25) is 11.8 Å². The second-order valence-electron chi connectivity index (χ2n) is 5.90. The Labute approximate surface area is 177 Å². The van der Waals surface area contributed by atoms with Crippen molar-refractivity contribution in [2.24, 2.45) is 0 Å². The molecule has 0 aliphatic carbocycles. The molecule has 28 heavy (non-hydrogen) atoms. The number of fused-ring (bicyclic) bond motifs is 1. The number of thioether (sulfide) groups is 1. The minimum atomic E-state index is -1.18. The molecule has 2 amide bonds. The predicted molar refractivity (Wildman–Crippen MR) is 107 cm³/mol. The van der Waals surface area contributed by atoms with E-state index in [2.05, 4.69) is 21.2 Å². The molecule has 3 heterocycles. The molecule has 150 valence electrons. The van der Waals surface area contributed by atoms with E-state index in [1.165, 1.54) is 40.5 Å². The van der Waals surface area contributed by atoms with Gasteiger partial charge >= 0.3 is 11.9 Å². The number of carbonyl (C=O) groups is 4. The van der Waals surface area contributed by atoms with E-state index >= 15 is 0 Å². The molecule has 3 atom stereocenters. The van der Waals surface area contributed by atoms with Crippen LogP contribution in [0.1, 0.15) is 4.88 Å². The van der Waals surface area contributed by atoms with E-state index < -0.39 is 35.3 Å². The molecule has 3 rings (SSSR count). The maximum atomic E-state index is 12.7. The monoisotopic (exact) mass is 488 g/mol. The normalized spacial score (nSPS) is 23.2. The fraction of sp³-hybridized carbons (Fsp3) is 0.412. The van der Waals surface area contributed by atoms with Crippen molar-refractivity contribution in [1.29, 1.82) is 0 Å². The van der Waals surface area contributed by atoms with Crippen molar-refractivity contribution < 1.29 is 28.7 Å².